The standard InChI is InChI=1S/C13H19NO2/c1-3-8-7-16-11-6-9-4-5-10(14(9)2)12(11)13(8)15/h7,9-12H,3-6H2,1-2H3/t9-,10+,11-,12-/m0/s1. The van der Waals surface area contributed by atoms with Crippen molar-refractivity contribution in [2.75, 3.05) is 7.05 Å². The van der Waals surface area contributed by atoms with Gasteiger partial charge in [-0.25, -0.2) is 0 Å². The summed E-state index contributed by atoms with van der Waals surface area (Å²) in [6.45, 7) is 2.03. The molecule has 0 aromatic carbocycles. The van der Waals surface area contributed by atoms with Crippen LogP contribution >= 0.6 is 0 Å². The third-order valence-electron chi connectivity index (χ3n) is 4.60. The molecular weight excluding hydrogens is 202 g/mol. The molecule has 3 nitrogen and oxygen atoms in total. The normalized spacial score (nSPS) is 42.6. The van der Waals surface area contributed by atoms with Gasteiger partial charge < -0.3 is 4.74 Å². The highest BCUT2D eigenvalue weighted by atomic mass is 16.5. The second-order valence-electron chi connectivity index (χ2n) is 5.26. The first-order valence-corrected chi connectivity index (χ1v) is 6.33. The molecule has 3 rings (SSSR count). The third kappa shape index (κ3) is 1.27. The van der Waals surface area contributed by atoms with Gasteiger partial charge in [0.05, 0.1) is 12.2 Å². The van der Waals surface area contributed by atoms with Gasteiger partial charge in [0.1, 0.15) is 6.10 Å². The average Bonchev–Trinajstić information content (AvgIpc) is 2.52. The van der Waals surface area contributed by atoms with Gasteiger partial charge in [-0.3, -0.25) is 9.69 Å². The van der Waals surface area contributed by atoms with Crippen LogP contribution in [0.15, 0.2) is 11.8 Å². The van der Waals surface area contributed by atoms with E-state index < -0.39 is 0 Å². The topological polar surface area (TPSA) is 29.5 Å². The van der Waals surface area contributed by atoms with Gasteiger partial charge in [-0.05, 0) is 26.3 Å². The molecule has 0 amide bonds. The maximum absolute atomic E-state index is 12.3. The van der Waals surface area contributed by atoms with Crippen LogP contribution in [0.5, 0.6) is 0 Å². The van der Waals surface area contributed by atoms with Crippen LogP contribution in [0.1, 0.15) is 32.6 Å². The number of ketones is 1. The van der Waals surface area contributed by atoms with Crippen LogP contribution < -0.4 is 0 Å². The zero-order valence-electron chi connectivity index (χ0n) is 9.98. The minimum Gasteiger partial charge on any atom is -0.497 e. The monoisotopic (exact) mass is 221 g/mol. The van der Waals surface area contributed by atoms with Crippen LogP contribution in [0.2, 0.25) is 0 Å². The number of hydrogen-bond donors (Lipinski definition) is 0. The lowest BCUT2D eigenvalue weighted by atomic mass is 9.80. The molecule has 0 unspecified atom stereocenters. The van der Waals surface area contributed by atoms with E-state index in [2.05, 4.69) is 11.9 Å². The van der Waals surface area contributed by atoms with Gasteiger partial charge in [0.25, 0.3) is 0 Å². The maximum atomic E-state index is 12.3. The highest BCUT2D eigenvalue weighted by Crippen LogP contribution is 2.42. The lowest BCUT2D eigenvalue weighted by Gasteiger charge is -2.43. The Morgan fingerprint density at radius 2 is 2.31 bits per heavy atom. The quantitative estimate of drug-likeness (QED) is 0.675. The Balaban J connectivity index is 1.92. The number of ether oxygens (including phenoxy) is 1. The molecule has 0 saturated carbocycles. The molecule has 88 valence electrons. The number of nitrogens with zero attached hydrogens (tertiary/aromatic N) is 1. The second kappa shape index (κ2) is 3.59. The predicted molar refractivity (Wildman–Crippen MR) is 60.9 cm³/mol. The zero-order chi connectivity index (χ0) is 11.3. The summed E-state index contributed by atoms with van der Waals surface area (Å²) in [5, 5.41) is 0. The number of Topliss-reactive ketones (excluding diaryl/α,β-unsaturated/α-hetero) is 1. The highest BCUT2D eigenvalue weighted by molar-refractivity contribution is 5.98. The Labute approximate surface area is 96.4 Å². The largest absolute Gasteiger partial charge is 0.497 e. The molecule has 3 aliphatic rings. The van der Waals surface area contributed by atoms with E-state index in [1.54, 1.807) is 6.26 Å². The van der Waals surface area contributed by atoms with E-state index in [1.807, 2.05) is 6.92 Å². The Hall–Kier alpha value is -0.830. The molecule has 3 heteroatoms. The molecule has 3 heterocycles. The summed E-state index contributed by atoms with van der Waals surface area (Å²) in [7, 11) is 2.16. The summed E-state index contributed by atoms with van der Waals surface area (Å²) in [6, 6.07) is 1.06. The first kappa shape index (κ1) is 10.3. The van der Waals surface area contributed by atoms with Crippen LogP contribution in [-0.4, -0.2) is 35.9 Å². The lowest BCUT2D eigenvalue weighted by molar-refractivity contribution is -0.132. The first-order valence-electron chi connectivity index (χ1n) is 6.33. The molecule has 0 aromatic heterocycles. The van der Waals surface area contributed by atoms with Crippen molar-refractivity contribution in [2.24, 2.45) is 5.92 Å². The Morgan fingerprint density at radius 1 is 1.50 bits per heavy atom. The van der Waals surface area contributed by atoms with E-state index in [0.717, 1.165) is 24.8 Å². The van der Waals surface area contributed by atoms with E-state index in [-0.39, 0.29) is 12.0 Å². The number of piperidine rings is 1. The van der Waals surface area contributed by atoms with Crippen molar-refractivity contribution in [2.45, 2.75) is 50.8 Å². The van der Waals surface area contributed by atoms with Gasteiger partial charge in [-0.15, -0.1) is 0 Å². The van der Waals surface area contributed by atoms with E-state index in [0.29, 0.717) is 17.9 Å². The Kier molecular flexibility index (Phi) is 2.32. The van der Waals surface area contributed by atoms with Crippen molar-refractivity contribution in [3.63, 3.8) is 0 Å². The fourth-order valence-electron chi connectivity index (χ4n) is 3.60. The van der Waals surface area contributed by atoms with Crippen molar-refractivity contribution < 1.29 is 9.53 Å². The minimum absolute atomic E-state index is 0.101. The summed E-state index contributed by atoms with van der Waals surface area (Å²) in [5.41, 5.74) is 0.875. The molecular formula is C13H19NO2. The van der Waals surface area contributed by atoms with E-state index in [4.69, 9.17) is 4.74 Å². The molecule has 0 aromatic rings. The molecule has 0 spiro atoms. The van der Waals surface area contributed by atoms with Gasteiger partial charge in [0, 0.05) is 24.1 Å². The fraction of sp³-hybridized carbons (Fsp3) is 0.769. The van der Waals surface area contributed by atoms with Crippen molar-refractivity contribution in [3.8, 4) is 0 Å². The number of allylic oxidation sites excluding steroid dienone is 1. The van der Waals surface area contributed by atoms with Crippen LogP contribution in [0.3, 0.4) is 0 Å². The molecule has 0 radical (unpaired) electrons. The number of hydrogen-bond acceptors (Lipinski definition) is 3. The Bertz CT molecular complexity index is 350. The van der Waals surface area contributed by atoms with E-state index in [1.165, 1.54) is 6.42 Å². The summed E-state index contributed by atoms with van der Waals surface area (Å²) in [6.07, 6.45) is 6.07. The lowest BCUT2D eigenvalue weighted by Crippen LogP contribution is -2.54. The molecule has 16 heavy (non-hydrogen) atoms. The van der Waals surface area contributed by atoms with Crippen LogP contribution in [-0.2, 0) is 9.53 Å². The van der Waals surface area contributed by atoms with Crippen LogP contribution in [0, 0.1) is 5.92 Å². The fourth-order valence-corrected chi connectivity index (χ4v) is 3.60. The predicted octanol–water partition coefficient (Wildman–Crippen LogP) is 1.73. The molecule has 0 aliphatic carbocycles. The summed E-state index contributed by atoms with van der Waals surface area (Å²) in [5.74, 6) is 0.444. The minimum atomic E-state index is 0.101. The molecule has 2 bridgehead atoms. The van der Waals surface area contributed by atoms with Gasteiger partial charge in [0.15, 0.2) is 5.78 Å². The Morgan fingerprint density at radius 3 is 3.06 bits per heavy atom. The smallest absolute Gasteiger partial charge is 0.170 e. The number of carbonyl (C=O) groups is 1. The number of fused-ring (bicyclic) bond motifs is 4. The molecule has 2 fully saturated rings. The highest BCUT2D eigenvalue weighted by Gasteiger charge is 2.51. The SMILES string of the molecule is CCC1=CO[C@H]2C[C@@H]3CC[C@H]([C@@H]2C1=O)N3C. The van der Waals surface area contributed by atoms with Crippen molar-refractivity contribution in [1.29, 1.82) is 0 Å². The van der Waals surface area contributed by atoms with E-state index in [9.17, 15) is 4.79 Å². The zero-order valence-corrected chi connectivity index (χ0v) is 9.98. The molecule has 0 N–H and O–H groups in total. The summed E-state index contributed by atoms with van der Waals surface area (Å²) < 4.78 is 5.78. The van der Waals surface area contributed by atoms with Crippen molar-refractivity contribution in [1.82, 2.24) is 4.90 Å². The second-order valence-corrected chi connectivity index (χ2v) is 5.26. The summed E-state index contributed by atoms with van der Waals surface area (Å²) >= 11 is 0. The number of carbonyl (C=O) groups excluding carboxylic acids is 1. The van der Waals surface area contributed by atoms with Gasteiger partial charge >= 0.3 is 0 Å². The van der Waals surface area contributed by atoms with Gasteiger partial charge in [-0.1, -0.05) is 6.92 Å². The molecule has 2 saturated heterocycles. The molecule has 4 atom stereocenters. The maximum Gasteiger partial charge on any atom is 0.170 e. The average molecular weight is 221 g/mol. The van der Waals surface area contributed by atoms with Crippen molar-refractivity contribution in [3.05, 3.63) is 11.8 Å². The van der Waals surface area contributed by atoms with Crippen LogP contribution in [0.4, 0.5) is 0 Å². The van der Waals surface area contributed by atoms with Crippen molar-refractivity contribution >= 4 is 5.78 Å². The first-order chi connectivity index (χ1) is 7.72. The van der Waals surface area contributed by atoms with Gasteiger partial charge in [0.2, 0.25) is 0 Å². The van der Waals surface area contributed by atoms with Crippen LogP contribution in [0.25, 0.3) is 0 Å². The van der Waals surface area contributed by atoms with Gasteiger partial charge in [-0.2, -0.15) is 0 Å². The number of rotatable bonds is 1. The van der Waals surface area contributed by atoms with E-state index >= 15 is 0 Å². The molecule has 3 aliphatic heterocycles. The summed E-state index contributed by atoms with van der Waals surface area (Å²) in [4.78, 5) is 14.8. The third-order valence-corrected chi connectivity index (χ3v) is 4.60.